The van der Waals surface area contributed by atoms with E-state index >= 15 is 0 Å². The van der Waals surface area contributed by atoms with Crippen LogP contribution in [0, 0.1) is 6.92 Å². The van der Waals surface area contributed by atoms with Crippen LogP contribution in [0.3, 0.4) is 0 Å². The number of aliphatic carboxylic acids is 1. The maximum Gasteiger partial charge on any atom is 0.331 e. The molecule has 0 aliphatic rings. The summed E-state index contributed by atoms with van der Waals surface area (Å²) < 4.78 is 3.63. The predicted molar refractivity (Wildman–Crippen MR) is 92.3 cm³/mol. The number of fused-ring (bicyclic) bond motifs is 1. The third kappa shape index (κ3) is 2.56. The monoisotopic (exact) mass is 325 g/mol. The fourth-order valence-electron chi connectivity index (χ4n) is 2.91. The van der Waals surface area contributed by atoms with Crippen molar-refractivity contribution in [1.29, 1.82) is 0 Å². The normalized spacial score (nSPS) is 12.0. The molecule has 0 amide bonds. The Labute approximate surface area is 139 Å². The molecule has 0 radical (unpaired) electrons. The van der Waals surface area contributed by atoms with Gasteiger partial charge in [-0.25, -0.2) is 4.79 Å². The Morgan fingerprint density at radius 2 is 2.08 bits per heavy atom. The zero-order valence-electron chi connectivity index (χ0n) is 13.8. The van der Waals surface area contributed by atoms with E-state index < -0.39 is 5.97 Å². The quantitative estimate of drug-likeness (QED) is 0.722. The Morgan fingerprint density at radius 1 is 1.33 bits per heavy atom. The summed E-state index contributed by atoms with van der Waals surface area (Å²) in [5.74, 6) is 0.0141. The van der Waals surface area contributed by atoms with Crippen molar-refractivity contribution >= 4 is 22.9 Å². The molecular weight excluding hydrogens is 306 g/mol. The third-order valence-electron chi connectivity index (χ3n) is 4.12. The van der Waals surface area contributed by atoms with Gasteiger partial charge in [0.2, 0.25) is 0 Å². The van der Waals surface area contributed by atoms with Gasteiger partial charge >= 0.3 is 5.97 Å². The van der Waals surface area contributed by atoms with Crippen molar-refractivity contribution in [2.75, 3.05) is 0 Å². The van der Waals surface area contributed by atoms with Crippen LogP contribution < -0.4 is 0 Å². The molecule has 0 atom stereocenters. The average molecular weight is 325 g/mol. The number of carboxylic acid groups (broad SMARTS) is 1. The van der Waals surface area contributed by atoms with E-state index in [4.69, 9.17) is 0 Å². The average Bonchev–Trinajstić information content (AvgIpc) is 3.04. The molecule has 0 bridgehead atoms. The minimum Gasteiger partial charge on any atom is -0.508 e. The Bertz CT molecular complexity index is 963. The molecule has 0 saturated heterocycles. The molecule has 2 heterocycles. The summed E-state index contributed by atoms with van der Waals surface area (Å²) in [6.45, 7) is 3.67. The number of phenols is 1. The lowest BCUT2D eigenvalue weighted by molar-refractivity contribution is -0.132. The molecule has 0 saturated carbocycles. The van der Waals surface area contributed by atoms with Crippen LogP contribution in [0.15, 0.2) is 36.0 Å². The summed E-state index contributed by atoms with van der Waals surface area (Å²) in [6, 6.07) is 7.11. The van der Waals surface area contributed by atoms with E-state index in [0.29, 0.717) is 12.0 Å². The van der Waals surface area contributed by atoms with Gasteiger partial charge in [-0.2, -0.15) is 5.10 Å². The molecule has 6 nitrogen and oxygen atoms in total. The van der Waals surface area contributed by atoms with E-state index in [-0.39, 0.29) is 5.75 Å². The number of aromatic hydroxyl groups is 1. The molecule has 2 aromatic heterocycles. The number of hydrogen-bond donors (Lipinski definition) is 2. The number of carboxylic acids is 1. The van der Waals surface area contributed by atoms with Gasteiger partial charge in [0, 0.05) is 35.8 Å². The highest BCUT2D eigenvalue weighted by molar-refractivity contribution is 5.93. The van der Waals surface area contributed by atoms with Crippen LogP contribution in [0.2, 0.25) is 0 Å². The van der Waals surface area contributed by atoms with E-state index in [1.807, 2.05) is 43.8 Å². The Kier molecular flexibility index (Phi) is 3.89. The van der Waals surface area contributed by atoms with E-state index in [1.54, 1.807) is 22.9 Å². The molecular formula is C18H19N3O3. The van der Waals surface area contributed by atoms with E-state index in [0.717, 1.165) is 28.0 Å². The highest BCUT2D eigenvalue weighted by atomic mass is 16.4. The lowest BCUT2D eigenvalue weighted by Gasteiger charge is -2.09. The van der Waals surface area contributed by atoms with Gasteiger partial charge in [-0.3, -0.25) is 4.68 Å². The highest BCUT2D eigenvalue weighted by Crippen LogP contribution is 2.28. The molecule has 2 N–H and O–H groups in total. The van der Waals surface area contributed by atoms with Gasteiger partial charge in [0.25, 0.3) is 0 Å². The number of rotatable bonds is 4. The molecule has 6 heteroatoms. The van der Waals surface area contributed by atoms with Crippen molar-refractivity contribution in [2.45, 2.75) is 20.3 Å². The summed E-state index contributed by atoms with van der Waals surface area (Å²) in [5, 5.41) is 24.5. The van der Waals surface area contributed by atoms with Gasteiger partial charge in [-0.05, 0) is 37.6 Å². The van der Waals surface area contributed by atoms with Crippen molar-refractivity contribution in [2.24, 2.45) is 7.05 Å². The third-order valence-corrected chi connectivity index (χ3v) is 4.12. The van der Waals surface area contributed by atoms with Crippen LogP contribution in [0.5, 0.6) is 5.75 Å². The lowest BCUT2D eigenvalue weighted by atomic mass is 10.1. The van der Waals surface area contributed by atoms with Crippen LogP contribution in [0.25, 0.3) is 22.8 Å². The van der Waals surface area contributed by atoms with E-state index in [2.05, 4.69) is 5.10 Å². The Morgan fingerprint density at radius 3 is 2.75 bits per heavy atom. The molecule has 3 rings (SSSR count). The van der Waals surface area contributed by atoms with Gasteiger partial charge in [0.15, 0.2) is 0 Å². The number of hydrogen-bond acceptors (Lipinski definition) is 3. The van der Waals surface area contributed by atoms with Crippen molar-refractivity contribution in [3.05, 3.63) is 47.3 Å². The molecule has 0 aliphatic carbocycles. The molecule has 124 valence electrons. The summed E-state index contributed by atoms with van der Waals surface area (Å²) in [6.07, 6.45) is 4.00. The molecule has 24 heavy (non-hydrogen) atoms. The molecule has 1 aromatic carbocycles. The number of phenolic OH excluding ortho intramolecular Hbond substituents is 1. The van der Waals surface area contributed by atoms with E-state index in [1.165, 1.54) is 0 Å². The smallest absolute Gasteiger partial charge is 0.331 e. The second kappa shape index (κ2) is 5.88. The molecule has 0 spiro atoms. The van der Waals surface area contributed by atoms with Crippen LogP contribution in [0.1, 0.15) is 24.6 Å². The van der Waals surface area contributed by atoms with Crippen LogP contribution in [-0.4, -0.2) is 30.5 Å². The molecule has 0 unspecified atom stereocenters. The first-order valence-corrected chi connectivity index (χ1v) is 7.70. The van der Waals surface area contributed by atoms with Gasteiger partial charge in [0.05, 0.1) is 11.2 Å². The molecule has 3 aromatic rings. The SMILES string of the molecule is CC/C(=C\c1c(C)nn(C)c1-n1ccc2ccc(O)cc21)C(=O)O. The summed E-state index contributed by atoms with van der Waals surface area (Å²) >= 11 is 0. The minimum absolute atomic E-state index is 0.179. The number of aromatic nitrogens is 3. The van der Waals surface area contributed by atoms with Gasteiger partial charge in [0.1, 0.15) is 11.6 Å². The van der Waals surface area contributed by atoms with Crippen molar-refractivity contribution in [1.82, 2.24) is 14.3 Å². The van der Waals surface area contributed by atoms with Crippen molar-refractivity contribution in [3.8, 4) is 11.6 Å². The maximum atomic E-state index is 11.4. The first-order chi connectivity index (χ1) is 11.4. The van der Waals surface area contributed by atoms with Crippen LogP contribution in [0.4, 0.5) is 0 Å². The lowest BCUT2D eigenvalue weighted by Crippen LogP contribution is -2.04. The molecule has 0 fully saturated rings. The number of nitrogens with zero attached hydrogens (tertiary/aromatic N) is 3. The number of aryl methyl sites for hydroxylation is 2. The van der Waals surface area contributed by atoms with E-state index in [9.17, 15) is 15.0 Å². The second-order valence-electron chi connectivity index (χ2n) is 5.70. The Hall–Kier alpha value is -3.02. The van der Waals surface area contributed by atoms with Gasteiger partial charge < -0.3 is 14.8 Å². The Balaban J connectivity index is 2.28. The van der Waals surface area contributed by atoms with Gasteiger partial charge in [-0.1, -0.05) is 6.92 Å². The predicted octanol–water partition coefficient (Wildman–Crippen LogP) is 3.26. The zero-order chi connectivity index (χ0) is 17.4. The van der Waals surface area contributed by atoms with Crippen LogP contribution >= 0.6 is 0 Å². The van der Waals surface area contributed by atoms with Gasteiger partial charge in [-0.15, -0.1) is 0 Å². The largest absolute Gasteiger partial charge is 0.508 e. The number of carbonyl (C=O) groups is 1. The zero-order valence-corrected chi connectivity index (χ0v) is 13.8. The molecule has 0 aliphatic heterocycles. The standard InChI is InChI=1S/C18H19N3O3/c1-4-12(18(23)24)9-15-11(2)19-20(3)17(15)21-8-7-13-5-6-14(22)10-16(13)21/h5-10,22H,4H2,1-3H3,(H,23,24)/b12-9+. The minimum atomic E-state index is -0.929. The topological polar surface area (TPSA) is 80.3 Å². The van der Waals surface area contributed by atoms with Crippen molar-refractivity contribution in [3.63, 3.8) is 0 Å². The fraction of sp³-hybridized carbons (Fsp3) is 0.222. The summed E-state index contributed by atoms with van der Waals surface area (Å²) in [4.78, 5) is 11.4. The first kappa shape index (κ1) is 15.9. The first-order valence-electron chi connectivity index (χ1n) is 7.70. The maximum absolute atomic E-state index is 11.4. The highest BCUT2D eigenvalue weighted by Gasteiger charge is 2.17. The van der Waals surface area contributed by atoms with Crippen LogP contribution in [-0.2, 0) is 11.8 Å². The summed E-state index contributed by atoms with van der Waals surface area (Å²) in [7, 11) is 1.82. The second-order valence-corrected chi connectivity index (χ2v) is 5.70. The van der Waals surface area contributed by atoms with Crippen molar-refractivity contribution < 1.29 is 15.0 Å². The fourth-order valence-corrected chi connectivity index (χ4v) is 2.91. The number of benzene rings is 1. The summed E-state index contributed by atoms with van der Waals surface area (Å²) in [5.41, 5.74) is 2.67.